The third-order valence-corrected chi connectivity index (χ3v) is 4.21. The summed E-state index contributed by atoms with van der Waals surface area (Å²) in [5, 5.41) is 7.13. The van der Waals surface area contributed by atoms with E-state index >= 15 is 0 Å². The number of halogens is 1. The van der Waals surface area contributed by atoms with E-state index in [2.05, 4.69) is 15.2 Å². The molecule has 0 spiro atoms. The summed E-state index contributed by atoms with van der Waals surface area (Å²) in [5.41, 5.74) is 0.600. The van der Waals surface area contributed by atoms with E-state index in [1.54, 1.807) is 24.0 Å². The van der Waals surface area contributed by atoms with Gasteiger partial charge in [-0.3, -0.25) is 10.00 Å². The Morgan fingerprint density at radius 2 is 2.16 bits per heavy atom. The highest BCUT2D eigenvalue weighted by molar-refractivity contribution is 5.69. The van der Waals surface area contributed by atoms with Crippen LogP contribution in [0.2, 0.25) is 0 Å². The number of nitrogens with one attached hydrogen (secondary N) is 1. The number of carbonyl (C=O) groups excluding carboxylic acids is 1. The molecule has 0 radical (unpaired) electrons. The molecular weight excluding hydrogens is 323 g/mol. The second kappa shape index (κ2) is 6.46. The van der Waals surface area contributed by atoms with Crippen LogP contribution in [0.3, 0.4) is 0 Å². The van der Waals surface area contributed by atoms with Crippen LogP contribution in [0.4, 0.5) is 9.18 Å². The first kappa shape index (κ1) is 17.4. The second-order valence-electron chi connectivity index (χ2n) is 7.29. The summed E-state index contributed by atoms with van der Waals surface area (Å²) in [7, 11) is 0. The van der Waals surface area contributed by atoms with Crippen molar-refractivity contribution >= 4 is 6.09 Å². The zero-order valence-corrected chi connectivity index (χ0v) is 15.0. The van der Waals surface area contributed by atoms with Gasteiger partial charge < -0.3 is 4.74 Å². The molecule has 1 fully saturated rings. The molecule has 25 heavy (non-hydrogen) atoms. The number of benzene rings is 1. The molecule has 1 aromatic heterocycles. The van der Waals surface area contributed by atoms with Crippen LogP contribution in [-0.2, 0) is 4.74 Å². The number of amides is 1. The van der Waals surface area contributed by atoms with Gasteiger partial charge in [-0.05, 0) is 52.2 Å². The highest BCUT2D eigenvalue weighted by atomic mass is 19.1. The van der Waals surface area contributed by atoms with Crippen molar-refractivity contribution in [1.29, 1.82) is 0 Å². The van der Waals surface area contributed by atoms with Gasteiger partial charge >= 0.3 is 6.09 Å². The molecule has 3 rings (SSSR count). The molecule has 2 heterocycles. The molecule has 1 aliphatic heterocycles. The third kappa shape index (κ3) is 3.65. The van der Waals surface area contributed by atoms with Gasteiger partial charge in [-0.25, -0.2) is 14.2 Å². The van der Waals surface area contributed by atoms with Crippen LogP contribution >= 0.6 is 0 Å². The van der Waals surface area contributed by atoms with E-state index in [4.69, 9.17) is 4.74 Å². The van der Waals surface area contributed by atoms with E-state index in [0.29, 0.717) is 29.3 Å². The Bertz CT molecular complexity index is 782. The summed E-state index contributed by atoms with van der Waals surface area (Å²) < 4.78 is 19.2. The fourth-order valence-electron chi connectivity index (χ4n) is 2.98. The monoisotopic (exact) mass is 346 g/mol. The number of aromatic amines is 1. The molecule has 0 bridgehead atoms. The van der Waals surface area contributed by atoms with Crippen molar-refractivity contribution in [1.82, 2.24) is 20.1 Å². The standard InChI is InChI=1S/C18H23FN4O2/c1-11-12(7-5-8-13(11)19)15-20-16(22-21-15)14-9-6-10-23(14)17(24)25-18(2,3)4/h5,7-8,14H,6,9-10H2,1-4H3,(H,20,21,22). The molecule has 1 aliphatic rings. The summed E-state index contributed by atoms with van der Waals surface area (Å²) in [6.45, 7) is 7.84. The van der Waals surface area contributed by atoms with Gasteiger partial charge in [0.05, 0.1) is 6.04 Å². The summed E-state index contributed by atoms with van der Waals surface area (Å²) in [4.78, 5) is 18.6. The number of rotatable bonds is 2. The van der Waals surface area contributed by atoms with Crippen LogP contribution in [-0.4, -0.2) is 38.3 Å². The van der Waals surface area contributed by atoms with Gasteiger partial charge in [0.2, 0.25) is 0 Å². The average molecular weight is 346 g/mol. The second-order valence-corrected chi connectivity index (χ2v) is 7.29. The van der Waals surface area contributed by atoms with Crippen LogP contribution < -0.4 is 0 Å². The Kier molecular flexibility index (Phi) is 4.49. The maximum absolute atomic E-state index is 13.8. The van der Waals surface area contributed by atoms with Crippen LogP contribution in [0.25, 0.3) is 11.4 Å². The Labute approximate surface area is 146 Å². The Balaban J connectivity index is 1.84. The van der Waals surface area contributed by atoms with E-state index < -0.39 is 5.60 Å². The van der Waals surface area contributed by atoms with Gasteiger partial charge in [0.15, 0.2) is 5.82 Å². The lowest BCUT2D eigenvalue weighted by Gasteiger charge is -2.27. The van der Waals surface area contributed by atoms with Crippen LogP contribution in [0.1, 0.15) is 51.0 Å². The smallest absolute Gasteiger partial charge is 0.410 e. The molecule has 0 saturated carbocycles. The number of hydrogen-bond acceptors (Lipinski definition) is 4. The summed E-state index contributed by atoms with van der Waals surface area (Å²) in [6, 6.07) is 4.63. The fraction of sp³-hybridized carbons (Fsp3) is 0.500. The number of likely N-dealkylation sites (tertiary alicyclic amines) is 1. The molecule has 7 heteroatoms. The molecule has 1 N–H and O–H groups in total. The van der Waals surface area contributed by atoms with Crippen molar-refractivity contribution in [2.75, 3.05) is 6.54 Å². The van der Waals surface area contributed by atoms with E-state index in [-0.39, 0.29) is 18.0 Å². The van der Waals surface area contributed by atoms with Gasteiger partial charge in [-0.2, -0.15) is 5.10 Å². The van der Waals surface area contributed by atoms with E-state index in [1.807, 2.05) is 20.8 Å². The summed E-state index contributed by atoms with van der Waals surface area (Å²) in [5.74, 6) is 0.741. The first-order chi connectivity index (χ1) is 11.8. The molecule has 1 saturated heterocycles. The van der Waals surface area contributed by atoms with Crippen LogP contribution in [0.5, 0.6) is 0 Å². The average Bonchev–Trinajstić information content (AvgIpc) is 3.16. The molecule has 6 nitrogen and oxygen atoms in total. The molecule has 1 unspecified atom stereocenters. The van der Waals surface area contributed by atoms with Crippen LogP contribution in [0, 0.1) is 12.7 Å². The molecule has 134 valence electrons. The normalized spacial score (nSPS) is 17.8. The SMILES string of the molecule is Cc1c(F)cccc1-c1n[nH]c(C2CCCN2C(=O)OC(C)(C)C)n1. The van der Waals surface area contributed by atoms with Gasteiger partial charge in [0.1, 0.15) is 17.2 Å². The van der Waals surface area contributed by atoms with Crippen molar-refractivity contribution in [2.24, 2.45) is 0 Å². The Morgan fingerprint density at radius 3 is 2.88 bits per heavy atom. The van der Waals surface area contributed by atoms with Gasteiger partial charge in [-0.1, -0.05) is 12.1 Å². The quantitative estimate of drug-likeness (QED) is 0.892. The Hall–Kier alpha value is -2.44. The lowest BCUT2D eigenvalue weighted by atomic mass is 10.1. The minimum absolute atomic E-state index is 0.204. The molecule has 2 aromatic rings. The number of H-pyrrole nitrogens is 1. The van der Waals surface area contributed by atoms with Crippen molar-refractivity contribution < 1.29 is 13.9 Å². The zero-order chi connectivity index (χ0) is 18.2. The van der Waals surface area contributed by atoms with Gasteiger partial charge in [0, 0.05) is 12.1 Å². The predicted molar refractivity (Wildman–Crippen MR) is 91.4 cm³/mol. The predicted octanol–water partition coefficient (Wildman–Crippen LogP) is 3.99. The fourth-order valence-corrected chi connectivity index (χ4v) is 2.98. The summed E-state index contributed by atoms with van der Waals surface area (Å²) >= 11 is 0. The molecule has 1 amide bonds. The first-order valence-electron chi connectivity index (χ1n) is 8.43. The number of nitrogens with zero attached hydrogens (tertiary/aromatic N) is 3. The van der Waals surface area contributed by atoms with E-state index in [9.17, 15) is 9.18 Å². The zero-order valence-electron chi connectivity index (χ0n) is 15.0. The largest absolute Gasteiger partial charge is 0.444 e. The number of aromatic nitrogens is 3. The van der Waals surface area contributed by atoms with E-state index in [1.165, 1.54) is 6.07 Å². The minimum Gasteiger partial charge on any atom is -0.444 e. The summed E-state index contributed by atoms with van der Waals surface area (Å²) in [6.07, 6.45) is 1.31. The third-order valence-electron chi connectivity index (χ3n) is 4.21. The molecule has 0 aliphatic carbocycles. The number of ether oxygens (including phenoxy) is 1. The Morgan fingerprint density at radius 1 is 1.40 bits per heavy atom. The van der Waals surface area contributed by atoms with Crippen molar-refractivity contribution in [3.63, 3.8) is 0 Å². The first-order valence-corrected chi connectivity index (χ1v) is 8.43. The van der Waals surface area contributed by atoms with Crippen LogP contribution in [0.15, 0.2) is 18.2 Å². The molecule has 1 atom stereocenters. The lowest BCUT2D eigenvalue weighted by Crippen LogP contribution is -2.36. The van der Waals surface area contributed by atoms with Crippen molar-refractivity contribution in [3.05, 3.63) is 35.4 Å². The number of hydrogen-bond donors (Lipinski definition) is 1. The maximum Gasteiger partial charge on any atom is 0.410 e. The highest BCUT2D eigenvalue weighted by Crippen LogP contribution is 2.32. The topological polar surface area (TPSA) is 71.1 Å². The highest BCUT2D eigenvalue weighted by Gasteiger charge is 2.35. The molecular formula is C18H23FN4O2. The molecule has 1 aromatic carbocycles. The van der Waals surface area contributed by atoms with Crippen molar-refractivity contribution in [3.8, 4) is 11.4 Å². The number of carbonyl (C=O) groups is 1. The van der Waals surface area contributed by atoms with Gasteiger partial charge in [0.25, 0.3) is 0 Å². The lowest BCUT2D eigenvalue weighted by molar-refractivity contribution is 0.0218. The van der Waals surface area contributed by atoms with E-state index in [0.717, 1.165) is 12.8 Å². The maximum atomic E-state index is 13.8. The minimum atomic E-state index is -0.546. The van der Waals surface area contributed by atoms with Crippen molar-refractivity contribution in [2.45, 2.75) is 52.2 Å². The van der Waals surface area contributed by atoms with Gasteiger partial charge in [-0.15, -0.1) is 0 Å².